The van der Waals surface area contributed by atoms with Crippen molar-refractivity contribution in [3.05, 3.63) is 18.3 Å². The first-order valence-electron chi connectivity index (χ1n) is 7.67. The fourth-order valence-corrected chi connectivity index (χ4v) is 3.98. The van der Waals surface area contributed by atoms with Gasteiger partial charge in [-0.05, 0) is 49.1 Å². The maximum atomic E-state index is 5.69. The van der Waals surface area contributed by atoms with Crippen LogP contribution in [0.15, 0.2) is 18.3 Å². The standard InChI is InChI=1S/C16H25N3/c1-2-3-13-10-16(11-13)6-8-19(9-7-16)15-5-4-14(17)12-18-15/h4-5,12-13H,2-3,6-11,17H2,1H3. The Balaban J connectivity index is 1.54. The van der Waals surface area contributed by atoms with Crippen LogP contribution >= 0.6 is 0 Å². The number of pyridine rings is 1. The maximum absolute atomic E-state index is 5.69. The molecular weight excluding hydrogens is 234 g/mol. The number of nitrogens with two attached hydrogens (primary N) is 1. The Bertz CT molecular complexity index is 410. The van der Waals surface area contributed by atoms with Crippen LogP contribution in [0.25, 0.3) is 0 Å². The average molecular weight is 259 g/mol. The summed E-state index contributed by atoms with van der Waals surface area (Å²) in [6.07, 6.45) is 10.2. The minimum atomic E-state index is 0.685. The summed E-state index contributed by atoms with van der Waals surface area (Å²) in [6.45, 7) is 4.63. The van der Waals surface area contributed by atoms with Crippen LogP contribution < -0.4 is 10.6 Å². The molecule has 3 nitrogen and oxygen atoms in total. The second-order valence-corrected chi connectivity index (χ2v) is 6.50. The zero-order valence-electron chi connectivity index (χ0n) is 11.9. The summed E-state index contributed by atoms with van der Waals surface area (Å²) in [4.78, 5) is 6.85. The molecule has 2 N–H and O–H groups in total. The van der Waals surface area contributed by atoms with Gasteiger partial charge in [-0.25, -0.2) is 4.98 Å². The summed E-state index contributed by atoms with van der Waals surface area (Å²) < 4.78 is 0. The van der Waals surface area contributed by atoms with E-state index in [0.29, 0.717) is 5.41 Å². The lowest BCUT2D eigenvalue weighted by Crippen LogP contribution is -2.47. The SMILES string of the molecule is CCCC1CC2(CCN(c3ccc(N)cn3)CC2)C1. The van der Waals surface area contributed by atoms with E-state index in [4.69, 9.17) is 5.73 Å². The zero-order chi connectivity index (χ0) is 13.3. The quantitative estimate of drug-likeness (QED) is 0.904. The highest BCUT2D eigenvalue weighted by Gasteiger charge is 2.45. The molecule has 3 rings (SSSR count). The third-order valence-corrected chi connectivity index (χ3v) is 5.06. The van der Waals surface area contributed by atoms with Crippen molar-refractivity contribution in [2.24, 2.45) is 11.3 Å². The predicted octanol–water partition coefficient (Wildman–Crippen LogP) is 3.46. The highest BCUT2D eigenvalue weighted by atomic mass is 15.2. The molecule has 1 aliphatic heterocycles. The van der Waals surface area contributed by atoms with Crippen molar-refractivity contribution >= 4 is 11.5 Å². The Morgan fingerprint density at radius 2 is 2.05 bits per heavy atom. The Morgan fingerprint density at radius 1 is 1.32 bits per heavy atom. The molecule has 1 saturated heterocycles. The lowest BCUT2D eigenvalue weighted by atomic mass is 9.56. The van der Waals surface area contributed by atoms with Gasteiger partial charge in [-0.15, -0.1) is 0 Å². The molecule has 0 aromatic carbocycles. The van der Waals surface area contributed by atoms with Crippen molar-refractivity contribution in [3.8, 4) is 0 Å². The van der Waals surface area contributed by atoms with Gasteiger partial charge in [0.1, 0.15) is 5.82 Å². The van der Waals surface area contributed by atoms with Crippen molar-refractivity contribution < 1.29 is 0 Å². The maximum Gasteiger partial charge on any atom is 0.128 e. The number of nitrogen functional groups attached to an aromatic ring is 1. The molecule has 19 heavy (non-hydrogen) atoms. The number of nitrogens with zero attached hydrogens (tertiary/aromatic N) is 2. The fourth-order valence-electron chi connectivity index (χ4n) is 3.98. The molecule has 1 saturated carbocycles. The van der Waals surface area contributed by atoms with E-state index in [1.165, 1.54) is 38.5 Å². The highest BCUT2D eigenvalue weighted by Crippen LogP contribution is 2.54. The Labute approximate surface area is 116 Å². The number of hydrogen-bond acceptors (Lipinski definition) is 3. The van der Waals surface area contributed by atoms with Gasteiger partial charge in [0.25, 0.3) is 0 Å². The first kappa shape index (κ1) is 12.8. The van der Waals surface area contributed by atoms with Gasteiger partial charge in [-0.1, -0.05) is 19.8 Å². The van der Waals surface area contributed by atoms with E-state index in [1.807, 2.05) is 12.1 Å². The van der Waals surface area contributed by atoms with Crippen molar-refractivity contribution in [1.82, 2.24) is 4.98 Å². The van der Waals surface area contributed by atoms with Crippen LogP contribution in [0.4, 0.5) is 11.5 Å². The first-order valence-corrected chi connectivity index (χ1v) is 7.67. The minimum absolute atomic E-state index is 0.685. The summed E-state index contributed by atoms with van der Waals surface area (Å²) >= 11 is 0. The van der Waals surface area contributed by atoms with E-state index in [9.17, 15) is 0 Å². The monoisotopic (exact) mass is 259 g/mol. The summed E-state index contributed by atoms with van der Waals surface area (Å²) in [6, 6.07) is 4.00. The van der Waals surface area contributed by atoms with Gasteiger partial charge >= 0.3 is 0 Å². The zero-order valence-corrected chi connectivity index (χ0v) is 11.9. The van der Waals surface area contributed by atoms with Crippen molar-refractivity contribution in [2.45, 2.75) is 45.4 Å². The van der Waals surface area contributed by atoms with Gasteiger partial charge in [0.05, 0.1) is 11.9 Å². The summed E-state index contributed by atoms with van der Waals surface area (Å²) in [5.74, 6) is 2.11. The highest BCUT2D eigenvalue weighted by molar-refractivity contribution is 5.46. The molecule has 2 fully saturated rings. The van der Waals surface area contributed by atoms with Crippen LogP contribution in [0.5, 0.6) is 0 Å². The molecule has 104 valence electrons. The van der Waals surface area contributed by atoms with Crippen LogP contribution in [0.3, 0.4) is 0 Å². The number of rotatable bonds is 3. The van der Waals surface area contributed by atoms with Crippen molar-refractivity contribution in [2.75, 3.05) is 23.7 Å². The van der Waals surface area contributed by atoms with E-state index in [2.05, 4.69) is 16.8 Å². The summed E-state index contributed by atoms with van der Waals surface area (Å²) in [5.41, 5.74) is 7.13. The molecule has 0 unspecified atom stereocenters. The molecule has 1 spiro atoms. The molecule has 0 radical (unpaired) electrons. The molecular formula is C16H25N3. The van der Waals surface area contributed by atoms with Gasteiger partial charge in [0.2, 0.25) is 0 Å². The molecule has 3 heteroatoms. The molecule has 2 heterocycles. The lowest BCUT2D eigenvalue weighted by molar-refractivity contribution is 0.0231. The second-order valence-electron chi connectivity index (χ2n) is 6.50. The van der Waals surface area contributed by atoms with Gasteiger partial charge in [-0.3, -0.25) is 0 Å². The van der Waals surface area contributed by atoms with E-state index in [0.717, 1.165) is 30.5 Å². The van der Waals surface area contributed by atoms with E-state index in [1.54, 1.807) is 6.20 Å². The van der Waals surface area contributed by atoms with Crippen molar-refractivity contribution in [3.63, 3.8) is 0 Å². The number of hydrogen-bond donors (Lipinski definition) is 1. The Morgan fingerprint density at radius 3 is 2.63 bits per heavy atom. The fraction of sp³-hybridized carbons (Fsp3) is 0.688. The molecule has 2 aliphatic rings. The molecule has 0 amide bonds. The summed E-state index contributed by atoms with van der Waals surface area (Å²) in [7, 11) is 0. The molecule has 1 aliphatic carbocycles. The number of piperidine rings is 1. The van der Waals surface area contributed by atoms with Crippen LogP contribution in [0.2, 0.25) is 0 Å². The van der Waals surface area contributed by atoms with Gasteiger partial charge < -0.3 is 10.6 Å². The lowest BCUT2D eigenvalue weighted by Gasteiger charge is -2.52. The van der Waals surface area contributed by atoms with E-state index < -0.39 is 0 Å². The van der Waals surface area contributed by atoms with E-state index >= 15 is 0 Å². The van der Waals surface area contributed by atoms with Crippen LogP contribution in [0, 0.1) is 11.3 Å². The molecule has 0 bridgehead atoms. The minimum Gasteiger partial charge on any atom is -0.397 e. The largest absolute Gasteiger partial charge is 0.397 e. The van der Waals surface area contributed by atoms with Gasteiger partial charge in [0, 0.05) is 13.1 Å². The topological polar surface area (TPSA) is 42.1 Å². The average Bonchev–Trinajstić information content (AvgIpc) is 2.39. The van der Waals surface area contributed by atoms with Crippen molar-refractivity contribution in [1.29, 1.82) is 0 Å². The third-order valence-electron chi connectivity index (χ3n) is 5.06. The molecule has 1 aromatic rings. The number of aromatic nitrogens is 1. The predicted molar refractivity (Wildman–Crippen MR) is 80.2 cm³/mol. The van der Waals surface area contributed by atoms with E-state index in [-0.39, 0.29) is 0 Å². The Kier molecular flexibility index (Phi) is 3.38. The van der Waals surface area contributed by atoms with Crippen LogP contribution in [0.1, 0.15) is 45.4 Å². The normalized spacial score (nSPS) is 22.5. The smallest absolute Gasteiger partial charge is 0.128 e. The molecule has 1 aromatic heterocycles. The Hall–Kier alpha value is -1.25. The third kappa shape index (κ3) is 2.56. The molecule has 0 atom stereocenters. The van der Waals surface area contributed by atoms with Gasteiger partial charge in [-0.2, -0.15) is 0 Å². The van der Waals surface area contributed by atoms with Crippen LogP contribution in [-0.2, 0) is 0 Å². The van der Waals surface area contributed by atoms with Crippen LogP contribution in [-0.4, -0.2) is 18.1 Å². The first-order chi connectivity index (χ1) is 9.21. The summed E-state index contributed by atoms with van der Waals surface area (Å²) in [5, 5.41) is 0. The van der Waals surface area contributed by atoms with Gasteiger partial charge in [0.15, 0.2) is 0 Å². The number of anilines is 2. The second kappa shape index (κ2) is 5.03.